The van der Waals surface area contributed by atoms with Gasteiger partial charge >= 0.3 is 0 Å². The molecule has 5 rings (SSSR count). The molecule has 3 aliphatic rings. The van der Waals surface area contributed by atoms with Crippen LogP contribution in [0.4, 0.5) is 10.1 Å². The van der Waals surface area contributed by atoms with E-state index in [1.807, 2.05) is 6.92 Å². The summed E-state index contributed by atoms with van der Waals surface area (Å²) in [5.41, 5.74) is 0.885. The Bertz CT molecular complexity index is 1020. The Hall–Kier alpha value is -2.91. The van der Waals surface area contributed by atoms with Gasteiger partial charge in [-0.05, 0) is 25.8 Å². The minimum absolute atomic E-state index is 0.0661. The van der Waals surface area contributed by atoms with E-state index in [0.717, 1.165) is 18.5 Å². The van der Waals surface area contributed by atoms with Gasteiger partial charge in [-0.3, -0.25) is 9.69 Å². The van der Waals surface area contributed by atoms with E-state index in [-0.39, 0.29) is 5.56 Å². The first-order valence-corrected chi connectivity index (χ1v) is 8.79. The number of hydrogen-bond donors (Lipinski definition) is 1. The number of aromatic nitrogens is 3. The van der Waals surface area contributed by atoms with E-state index in [1.165, 1.54) is 11.0 Å². The van der Waals surface area contributed by atoms with E-state index in [2.05, 4.69) is 15.3 Å². The molecule has 138 valence electrons. The molecule has 1 saturated heterocycles. The molecule has 0 spiro atoms. The highest BCUT2D eigenvalue weighted by atomic mass is 19.1. The molecule has 8 nitrogen and oxygen atoms in total. The van der Waals surface area contributed by atoms with Gasteiger partial charge < -0.3 is 4.74 Å². The number of fused-ring (bicyclic) bond motifs is 3. The zero-order valence-electron chi connectivity index (χ0n) is 14.9. The van der Waals surface area contributed by atoms with Crippen molar-refractivity contribution in [1.29, 1.82) is 0 Å². The predicted octanol–water partition coefficient (Wildman–Crippen LogP) is 0.870. The Morgan fingerprint density at radius 2 is 2.22 bits per heavy atom. The van der Waals surface area contributed by atoms with Crippen LogP contribution in [0.5, 0.6) is 0 Å². The molecular weight excluding hydrogens is 351 g/mol. The molecule has 0 saturated carbocycles. The van der Waals surface area contributed by atoms with Gasteiger partial charge in [-0.2, -0.15) is 9.67 Å². The van der Waals surface area contributed by atoms with Gasteiger partial charge in [0.15, 0.2) is 5.69 Å². The molecule has 2 aromatic rings. The van der Waals surface area contributed by atoms with Crippen LogP contribution in [0, 0.1) is 5.82 Å². The average molecular weight is 369 g/mol. The lowest BCUT2D eigenvalue weighted by molar-refractivity contribution is -0.685. The lowest BCUT2D eigenvalue weighted by Gasteiger charge is -2.29. The van der Waals surface area contributed by atoms with Crippen molar-refractivity contribution < 1.29 is 18.8 Å². The number of halogens is 1. The Kier molecular flexibility index (Phi) is 3.34. The van der Waals surface area contributed by atoms with Crippen LogP contribution < -0.4 is 4.90 Å². The van der Waals surface area contributed by atoms with Crippen LogP contribution in [0.15, 0.2) is 35.2 Å². The van der Waals surface area contributed by atoms with Gasteiger partial charge in [0.05, 0.1) is 11.9 Å². The Morgan fingerprint density at radius 1 is 1.37 bits per heavy atom. The number of aliphatic imine (C=N–C) groups is 1. The number of benzene rings is 1. The Morgan fingerprint density at radius 3 is 3.00 bits per heavy atom. The van der Waals surface area contributed by atoms with Crippen LogP contribution in [0.2, 0.25) is 0 Å². The summed E-state index contributed by atoms with van der Waals surface area (Å²) in [5.74, 6) is 0.132. The highest BCUT2D eigenvalue weighted by molar-refractivity contribution is 6.01. The largest absolute Gasteiger partial charge is 0.369 e. The van der Waals surface area contributed by atoms with Crippen LogP contribution >= 0.6 is 0 Å². The van der Waals surface area contributed by atoms with Crippen LogP contribution in [-0.4, -0.2) is 45.8 Å². The van der Waals surface area contributed by atoms with Crippen LogP contribution in [0.25, 0.3) is 5.82 Å². The molecule has 1 aromatic carbocycles. The summed E-state index contributed by atoms with van der Waals surface area (Å²) in [6.07, 6.45) is 5.13. The fourth-order valence-electron chi connectivity index (χ4n) is 4.02. The molecule has 2 atom stereocenters. The second-order valence-electron chi connectivity index (χ2n) is 7.08. The molecular formula is C18H18FN6O2+. The minimum Gasteiger partial charge on any atom is -0.369 e. The van der Waals surface area contributed by atoms with Crippen LogP contribution in [-0.2, 0) is 10.3 Å². The van der Waals surface area contributed by atoms with E-state index in [9.17, 15) is 9.18 Å². The minimum atomic E-state index is -0.536. The normalized spacial score (nSPS) is 26.7. The second kappa shape index (κ2) is 5.54. The number of amides is 1. The highest BCUT2D eigenvalue weighted by Crippen LogP contribution is 2.37. The predicted molar refractivity (Wildman–Crippen MR) is 93.4 cm³/mol. The monoisotopic (exact) mass is 369 g/mol. The average Bonchev–Trinajstić information content (AvgIpc) is 3.38. The lowest BCUT2D eigenvalue weighted by atomic mass is 9.99. The molecule has 1 fully saturated rings. The van der Waals surface area contributed by atoms with Gasteiger partial charge in [0, 0.05) is 19.7 Å². The smallest absolute Gasteiger partial charge is 0.271 e. The summed E-state index contributed by atoms with van der Waals surface area (Å²) in [6.45, 7) is 2.68. The molecule has 3 aliphatic heterocycles. The third kappa shape index (κ3) is 2.15. The van der Waals surface area contributed by atoms with Crippen molar-refractivity contribution >= 4 is 23.8 Å². The second-order valence-corrected chi connectivity index (χ2v) is 7.08. The summed E-state index contributed by atoms with van der Waals surface area (Å²) in [4.78, 5) is 19.4. The topological polar surface area (TPSA) is 77.0 Å². The molecule has 27 heavy (non-hydrogen) atoms. The fourth-order valence-corrected chi connectivity index (χ4v) is 4.02. The van der Waals surface area contributed by atoms with Gasteiger partial charge in [0.1, 0.15) is 17.0 Å². The number of hydrogen-bond acceptors (Lipinski definition) is 5. The highest BCUT2D eigenvalue weighted by Gasteiger charge is 2.45. The summed E-state index contributed by atoms with van der Waals surface area (Å²) >= 11 is 0. The van der Waals surface area contributed by atoms with E-state index >= 15 is 0 Å². The summed E-state index contributed by atoms with van der Waals surface area (Å²) in [5, 5.41) is 8.25. The number of carbonyl (C=O) groups is 1. The molecule has 1 N–H and O–H groups in total. The van der Waals surface area contributed by atoms with Crippen molar-refractivity contribution in [3.8, 4) is 0 Å². The lowest BCUT2D eigenvalue weighted by Crippen LogP contribution is -3.06. The van der Waals surface area contributed by atoms with Gasteiger partial charge in [-0.1, -0.05) is 11.3 Å². The maximum Gasteiger partial charge on any atom is 0.271 e. The maximum atomic E-state index is 14.3. The molecule has 0 aliphatic carbocycles. The van der Waals surface area contributed by atoms with Crippen molar-refractivity contribution in [3.63, 3.8) is 0 Å². The van der Waals surface area contributed by atoms with E-state index in [4.69, 9.17) is 4.74 Å². The molecule has 9 heteroatoms. The first kappa shape index (κ1) is 16.3. The van der Waals surface area contributed by atoms with Crippen molar-refractivity contribution in [1.82, 2.24) is 19.9 Å². The summed E-state index contributed by atoms with van der Waals surface area (Å²) in [6, 6.07) is 4.62. The van der Waals surface area contributed by atoms with Crippen molar-refractivity contribution in [2.24, 2.45) is 4.99 Å². The summed E-state index contributed by atoms with van der Waals surface area (Å²) < 4.78 is 21.8. The number of rotatable bonds is 2. The molecule has 1 amide bonds. The third-order valence-corrected chi connectivity index (χ3v) is 5.45. The Balaban J connectivity index is 1.69. The molecule has 0 radical (unpaired) electrons. The fraction of sp³-hybridized carbons (Fsp3) is 0.333. The van der Waals surface area contributed by atoms with Crippen molar-refractivity contribution in [3.05, 3.63) is 47.3 Å². The van der Waals surface area contributed by atoms with Crippen LogP contribution in [0.3, 0.4) is 0 Å². The number of ether oxygens (including phenoxy) is 1. The SMILES string of the molecule is CN1C(=O)c2c(F)cccc2[NH+]2C=NC(n3nncc3C3(C)CCCO3)=C12. The quantitative estimate of drug-likeness (QED) is 0.852. The van der Waals surface area contributed by atoms with Gasteiger partial charge in [0.2, 0.25) is 12.2 Å². The van der Waals surface area contributed by atoms with Crippen molar-refractivity contribution in [2.45, 2.75) is 25.4 Å². The number of nitrogens with zero attached hydrogens (tertiary/aromatic N) is 5. The maximum absolute atomic E-state index is 14.3. The standard InChI is InChI=1S/C18H17FN6O2/c1-18(7-4-8-27-18)13-9-21-22-25(13)15-16-23(2)17(26)14-11(19)5-3-6-12(14)24(16)10-20-15/h3,5-6,9-10H,4,7-8H2,1-2H3/p+1. The van der Waals surface area contributed by atoms with Crippen LogP contribution in [0.1, 0.15) is 35.8 Å². The number of carbonyl (C=O) groups excluding carboxylic acids is 1. The van der Waals surface area contributed by atoms with E-state index < -0.39 is 17.3 Å². The van der Waals surface area contributed by atoms with Crippen molar-refractivity contribution in [2.75, 3.05) is 13.7 Å². The molecule has 0 bridgehead atoms. The first-order chi connectivity index (χ1) is 13.0. The van der Waals surface area contributed by atoms with E-state index in [1.54, 1.807) is 36.4 Å². The third-order valence-electron chi connectivity index (χ3n) is 5.45. The van der Waals surface area contributed by atoms with Gasteiger partial charge in [-0.15, -0.1) is 5.10 Å². The molecule has 1 aromatic heterocycles. The number of quaternary nitrogens is 1. The summed E-state index contributed by atoms with van der Waals surface area (Å²) in [7, 11) is 1.62. The Labute approximate surface area is 154 Å². The van der Waals surface area contributed by atoms with E-state index in [0.29, 0.717) is 28.8 Å². The molecule has 2 unspecified atom stereocenters. The number of nitrogens with one attached hydrogen (secondary N) is 1. The zero-order valence-corrected chi connectivity index (χ0v) is 14.9. The molecule has 4 heterocycles. The van der Waals surface area contributed by atoms with Gasteiger partial charge in [-0.25, -0.2) is 9.29 Å². The first-order valence-electron chi connectivity index (χ1n) is 8.79. The zero-order chi connectivity index (χ0) is 18.8. The van der Waals surface area contributed by atoms with Gasteiger partial charge in [0.25, 0.3) is 11.7 Å².